The van der Waals surface area contributed by atoms with Crippen molar-refractivity contribution in [2.24, 2.45) is 0 Å². The topological polar surface area (TPSA) is 46.6 Å². The number of nitrogens with zero attached hydrogens (tertiary/aromatic N) is 1. The molecule has 2 aromatic rings. The molecule has 3 rings (SSSR count). The highest BCUT2D eigenvalue weighted by Crippen LogP contribution is 2.33. The van der Waals surface area contributed by atoms with Crippen molar-refractivity contribution in [1.82, 2.24) is 0 Å². The fourth-order valence-electron chi connectivity index (χ4n) is 2.24. The van der Waals surface area contributed by atoms with Gasteiger partial charge in [0.05, 0.1) is 12.2 Å². The van der Waals surface area contributed by atoms with Gasteiger partial charge in [-0.1, -0.05) is 23.7 Å². The van der Waals surface area contributed by atoms with E-state index in [1.54, 1.807) is 35.2 Å². The Morgan fingerprint density at radius 1 is 1.19 bits per heavy atom. The Balaban J connectivity index is 1.96. The molecule has 4 nitrogen and oxygen atoms in total. The normalized spacial score (nSPS) is 13.6. The maximum Gasteiger partial charge on any atom is 0.265 e. The summed E-state index contributed by atoms with van der Waals surface area (Å²) in [7, 11) is 0. The van der Waals surface area contributed by atoms with Gasteiger partial charge >= 0.3 is 0 Å². The number of aldehydes is 1. The summed E-state index contributed by atoms with van der Waals surface area (Å²) in [6.07, 6.45) is 0.750. The second kappa shape index (κ2) is 5.58. The molecule has 0 spiro atoms. The zero-order chi connectivity index (χ0) is 14.8. The molecular weight excluding hydrogens is 290 g/mol. The molecular formula is C16H12ClNO3. The molecule has 5 heteroatoms. The second-order valence-corrected chi connectivity index (χ2v) is 5.18. The van der Waals surface area contributed by atoms with E-state index in [-0.39, 0.29) is 12.5 Å². The molecule has 1 amide bonds. The summed E-state index contributed by atoms with van der Waals surface area (Å²) in [5, 5.41) is 0.649. The van der Waals surface area contributed by atoms with Crippen molar-refractivity contribution in [2.75, 3.05) is 11.5 Å². The van der Waals surface area contributed by atoms with E-state index in [4.69, 9.17) is 16.3 Å². The van der Waals surface area contributed by atoms with Crippen LogP contribution >= 0.6 is 11.6 Å². The van der Waals surface area contributed by atoms with E-state index in [2.05, 4.69) is 0 Å². The third-order valence-electron chi connectivity index (χ3n) is 3.32. The smallest absolute Gasteiger partial charge is 0.265 e. The van der Waals surface area contributed by atoms with Crippen molar-refractivity contribution in [3.05, 3.63) is 58.6 Å². The standard InChI is InChI=1S/C16H12ClNO3/c17-13-4-1-11(2-5-13)8-18-14-7-12(9-19)3-6-15(14)21-10-16(18)20/h1-7,9H,8,10H2. The molecule has 0 saturated heterocycles. The van der Waals surface area contributed by atoms with Crippen molar-refractivity contribution >= 4 is 29.5 Å². The van der Waals surface area contributed by atoms with Crippen LogP contribution in [0.5, 0.6) is 5.75 Å². The predicted molar refractivity (Wildman–Crippen MR) is 80.0 cm³/mol. The summed E-state index contributed by atoms with van der Waals surface area (Å²) in [5.41, 5.74) is 2.08. The number of amides is 1. The molecule has 1 heterocycles. The van der Waals surface area contributed by atoms with Crippen LogP contribution in [0.1, 0.15) is 15.9 Å². The van der Waals surface area contributed by atoms with Gasteiger partial charge in [-0.05, 0) is 35.9 Å². The number of hydrogen-bond donors (Lipinski definition) is 0. The van der Waals surface area contributed by atoms with Gasteiger partial charge in [0.15, 0.2) is 6.61 Å². The van der Waals surface area contributed by atoms with Gasteiger partial charge < -0.3 is 9.64 Å². The molecule has 0 aromatic heterocycles. The van der Waals surface area contributed by atoms with Crippen LogP contribution in [-0.4, -0.2) is 18.8 Å². The van der Waals surface area contributed by atoms with E-state index in [9.17, 15) is 9.59 Å². The Labute approximate surface area is 126 Å². The summed E-state index contributed by atoms with van der Waals surface area (Å²) in [6, 6.07) is 12.3. The minimum absolute atomic E-state index is 0.00102. The average Bonchev–Trinajstić information content (AvgIpc) is 2.51. The largest absolute Gasteiger partial charge is 0.482 e. The molecule has 0 saturated carbocycles. The van der Waals surface area contributed by atoms with Gasteiger partial charge in [-0.15, -0.1) is 0 Å². The molecule has 1 aliphatic heterocycles. The first kappa shape index (κ1) is 13.6. The van der Waals surface area contributed by atoms with E-state index in [1.165, 1.54) is 0 Å². The lowest BCUT2D eigenvalue weighted by molar-refractivity contribution is -0.121. The van der Waals surface area contributed by atoms with Crippen LogP contribution in [-0.2, 0) is 11.3 Å². The summed E-state index contributed by atoms with van der Waals surface area (Å²) >= 11 is 5.86. The molecule has 2 aromatic carbocycles. The number of carbonyl (C=O) groups excluding carboxylic acids is 2. The number of fused-ring (bicyclic) bond motifs is 1. The van der Waals surface area contributed by atoms with Gasteiger partial charge in [-0.25, -0.2) is 0 Å². The van der Waals surface area contributed by atoms with Crippen molar-refractivity contribution in [3.63, 3.8) is 0 Å². The minimum atomic E-state index is -0.138. The molecule has 0 radical (unpaired) electrons. The first-order valence-corrected chi connectivity index (χ1v) is 6.82. The molecule has 0 unspecified atom stereocenters. The average molecular weight is 302 g/mol. The Kier molecular flexibility index (Phi) is 3.62. The molecule has 0 bridgehead atoms. The van der Waals surface area contributed by atoms with E-state index in [0.29, 0.717) is 28.6 Å². The minimum Gasteiger partial charge on any atom is -0.482 e. The Hall–Kier alpha value is -2.33. The van der Waals surface area contributed by atoms with Crippen molar-refractivity contribution in [1.29, 1.82) is 0 Å². The number of ether oxygens (including phenoxy) is 1. The fraction of sp³-hybridized carbons (Fsp3) is 0.125. The van der Waals surface area contributed by atoms with Crippen LogP contribution in [0.3, 0.4) is 0 Å². The zero-order valence-electron chi connectivity index (χ0n) is 11.1. The summed E-state index contributed by atoms with van der Waals surface area (Å²) in [4.78, 5) is 24.7. The van der Waals surface area contributed by atoms with Crippen LogP contribution in [0, 0.1) is 0 Å². The van der Waals surface area contributed by atoms with Gasteiger partial charge in [0.1, 0.15) is 12.0 Å². The number of anilines is 1. The third-order valence-corrected chi connectivity index (χ3v) is 3.57. The summed E-state index contributed by atoms with van der Waals surface area (Å²) in [6.45, 7) is 0.412. The quantitative estimate of drug-likeness (QED) is 0.819. The van der Waals surface area contributed by atoms with Crippen molar-refractivity contribution in [2.45, 2.75) is 6.54 Å². The van der Waals surface area contributed by atoms with Crippen LogP contribution in [0.2, 0.25) is 5.02 Å². The third kappa shape index (κ3) is 2.76. The number of carbonyl (C=O) groups is 2. The SMILES string of the molecule is O=Cc1ccc2c(c1)N(Cc1ccc(Cl)cc1)C(=O)CO2. The van der Waals surface area contributed by atoms with Crippen LogP contribution < -0.4 is 9.64 Å². The van der Waals surface area contributed by atoms with Crippen LogP contribution in [0.4, 0.5) is 5.69 Å². The summed E-state index contributed by atoms with van der Waals surface area (Å²) in [5.74, 6) is 0.467. The van der Waals surface area contributed by atoms with Crippen LogP contribution in [0.15, 0.2) is 42.5 Å². The predicted octanol–water partition coefficient (Wildman–Crippen LogP) is 3.08. The first-order chi connectivity index (χ1) is 10.2. The number of hydrogen-bond acceptors (Lipinski definition) is 3. The molecule has 0 fully saturated rings. The van der Waals surface area contributed by atoms with Gasteiger partial charge in [0.25, 0.3) is 5.91 Å². The van der Waals surface area contributed by atoms with Gasteiger partial charge in [0.2, 0.25) is 0 Å². The second-order valence-electron chi connectivity index (χ2n) is 4.74. The van der Waals surface area contributed by atoms with E-state index in [0.717, 1.165) is 11.8 Å². The van der Waals surface area contributed by atoms with Crippen molar-refractivity contribution in [3.8, 4) is 5.75 Å². The van der Waals surface area contributed by atoms with E-state index < -0.39 is 0 Å². The molecule has 106 valence electrons. The number of benzene rings is 2. The maximum atomic E-state index is 12.1. The molecule has 21 heavy (non-hydrogen) atoms. The highest BCUT2D eigenvalue weighted by Gasteiger charge is 2.25. The van der Waals surface area contributed by atoms with Crippen LogP contribution in [0.25, 0.3) is 0 Å². The molecule has 0 N–H and O–H groups in total. The molecule has 0 atom stereocenters. The Morgan fingerprint density at radius 2 is 1.95 bits per heavy atom. The first-order valence-electron chi connectivity index (χ1n) is 6.44. The fourth-order valence-corrected chi connectivity index (χ4v) is 2.36. The number of rotatable bonds is 3. The lowest BCUT2D eigenvalue weighted by Crippen LogP contribution is -2.38. The van der Waals surface area contributed by atoms with Gasteiger partial charge in [0, 0.05) is 10.6 Å². The monoisotopic (exact) mass is 301 g/mol. The van der Waals surface area contributed by atoms with Crippen molar-refractivity contribution < 1.29 is 14.3 Å². The van der Waals surface area contributed by atoms with E-state index >= 15 is 0 Å². The lowest BCUT2D eigenvalue weighted by Gasteiger charge is -2.29. The highest BCUT2D eigenvalue weighted by atomic mass is 35.5. The van der Waals surface area contributed by atoms with Gasteiger partial charge in [-0.3, -0.25) is 9.59 Å². The summed E-state index contributed by atoms with van der Waals surface area (Å²) < 4.78 is 5.39. The highest BCUT2D eigenvalue weighted by molar-refractivity contribution is 6.30. The molecule has 0 aliphatic carbocycles. The number of halogens is 1. The zero-order valence-corrected chi connectivity index (χ0v) is 11.8. The van der Waals surface area contributed by atoms with Gasteiger partial charge in [-0.2, -0.15) is 0 Å². The van der Waals surface area contributed by atoms with E-state index in [1.807, 2.05) is 12.1 Å². The lowest BCUT2D eigenvalue weighted by atomic mass is 10.1. The molecule has 1 aliphatic rings. The Morgan fingerprint density at radius 3 is 2.67 bits per heavy atom. The Bertz CT molecular complexity index is 697. The maximum absolute atomic E-state index is 12.1.